The number of ether oxygens (including phenoxy) is 2. The second kappa shape index (κ2) is 13.2. The molecular formula is C19H35NO6. The molecule has 1 fully saturated rings. The van der Waals surface area contributed by atoms with Gasteiger partial charge in [-0.15, -0.1) is 6.58 Å². The van der Waals surface area contributed by atoms with Crippen LogP contribution in [-0.4, -0.2) is 65.1 Å². The monoisotopic (exact) mass is 373 g/mol. The van der Waals surface area contributed by atoms with Crippen LogP contribution in [0.4, 0.5) is 0 Å². The molecule has 0 saturated carbocycles. The molecule has 0 aliphatic carbocycles. The van der Waals surface area contributed by atoms with Gasteiger partial charge in [0.25, 0.3) is 0 Å². The molecule has 7 heteroatoms. The number of hydrogen-bond acceptors (Lipinski definition) is 6. The lowest BCUT2D eigenvalue weighted by Gasteiger charge is -2.42. The molecule has 0 aromatic rings. The first-order chi connectivity index (χ1) is 12.5. The highest BCUT2D eigenvalue weighted by molar-refractivity contribution is 5.73. The zero-order valence-electron chi connectivity index (χ0n) is 15.8. The Bertz CT molecular complexity index is 405. The van der Waals surface area contributed by atoms with Crippen molar-refractivity contribution in [3.63, 3.8) is 0 Å². The topological polar surface area (TPSA) is 108 Å². The molecule has 0 aromatic carbocycles. The Morgan fingerprint density at radius 2 is 1.73 bits per heavy atom. The van der Waals surface area contributed by atoms with Crippen molar-refractivity contribution in [2.75, 3.05) is 13.2 Å². The minimum Gasteiger partial charge on any atom is -0.394 e. The van der Waals surface area contributed by atoms with E-state index in [9.17, 15) is 20.1 Å². The fourth-order valence-electron chi connectivity index (χ4n) is 3.09. The quantitative estimate of drug-likeness (QED) is 0.286. The van der Waals surface area contributed by atoms with Crippen molar-refractivity contribution in [2.24, 2.45) is 0 Å². The number of rotatable bonds is 13. The molecule has 1 heterocycles. The summed E-state index contributed by atoms with van der Waals surface area (Å²) < 4.78 is 11.2. The molecule has 7 nitrogen and oxygen atoms in total. The maximum atomic E-state index is 11.3. The molecule has 5 atom stereocenters. The highest BCUT2D eigenvalue weighted by Crippen LogP contribution is 2.22. The second-order valence-corrected chi connectivity index (χ2v) is 6.86. The van der Waals surface area contributed by atoms with Crippen LogP contribution in [0.3, 0.4) is 0 Å². The first-order valence-electron chi connectivity index (χ1n) is 9.63. The van der Waals surface area contributed by atoms with Gasteiger partial charge in [-0.3, -0.25) is 4.79 Å². The van der Waals surface area contributed by atoms with E-state index >= 15 is 0 Å². The van der Waals surface area contributed by atoms with E-state index in [0.717, 1.165) is 25.7 Å². The van der Waals surface area contributed by atoms with Crippen molar-refractivity contribution in [3.8, 4) is 0 Å². The van der Waals surface area contributed by atoms with E-state index in [2.05, 4.69) is 11.9 Å². The van der Waals surface area contributed by atoms with Crippen LogP contribution < -0.4 is 5.32 Å². The predicted octanol–water partition coefficient (Wildman–Crippen LogP) is 1.25. The summed E-state index contributed by atoms with van der Waals surface area (Å²) >= 11 is 0. The molecule has 1 rings (SSSR count). The molecule has 152 valence electrons. The number of nitrogens with one attached hydrogen (secondary N) is 1. The van der Waals surface area contributed by atoms with Gasteiger partial charge < -0.3 is 30.1 Å². The molecule has 1 amide bonds. The normalized spacial score (nSPS) is 28.7. The van der Waals surface area contributed by atoms with Gasteiger partial charge in [-0.2, -0.15) is 0 Å². The van der Waals surface area contributed by atoms with Crippen LogP contribution in [0.5, 0.6) is 0 Å². The first-order valence-corrected chi connectivity index (χ1v) is 9.63. The van der Waals surface area contributed by atoms with Gasteiger partial charge in [-0.25, -0.2) is 0 Å². The summed E-state index contributed by atoms with van der Waals surface area (Å²) in [6.45, 7) is 5.03. The summed E-state index contributed by atoms with van der Waals surface area (Å²) in [5.74, 6) is -0.350. The smallest absolute Gasteiger partial charge is 0.217 e. The average Bonchev–Trinajstić information content (AvgIpc) is 2.62. The van der Waals surface area contributed by atoms with Gasteiger partial charge in [-0.1, -0.05) is 38.2 Å². The minimum absolute atomic E-state index is 0.350. The maximum absolute atomic E-state index is 11.3. The zero-order chi connectivity index (χ0) is 19.4. The average molecular weight is 373 g/mol. The molecule has 0 spiro atoms. The Kier molecular flexibility index (Phi) is 11.7. The van der Waals surface area contributed by atoms with Crippen molar-refractivity contribution in [1.29, 1.82) is 0 Å². The van der Waals surface area contributed by atoms with Gasteiger partial charge in [0.1, 0.15) is 24.4 Å². The zero-order valence-corrected chi connectivity index (χ0v) is 15.8. The summed E-state index contributed by atoms with van der Waals surface area (Å²) in [5, 5.41) is 31.9. The summed E-state index contributed by atoms with van der Waals surface area (Å²) in [4.78, 5) is 11.3. The molecular weight excluding hydrogens is 338 g/mol. The summed E-state index contributed by atoms with van der Waals surface area (Å²) in [6.07, 6.45) is 6.56. The molecule has 0 unspecified atom stereocenters. The van der Waals surface area contributed by atoms with Gasteiger partial charge in [0.15, 0.2) is 6.29 Å². The minimum atomic E-state index is -1.28. The van der Waals surface area contributed by atoms with Crippen LogP contribution in [0.1, 0.15) is 58.3 Å². The molecule has 1 aliphatic heterocycles. The standard InChI is InChI=1S/C19H35NO6/c1-3-4-5-6-7-8-9-10-11-12-25-19-16(20-14(2)22)18(24)17(23)15(13-21)26-19/h3,15-19,21,23-24H,1,4-13H2,2H3,(H,20,22)/t15-,16-,17-,18-,19+/m1/s1. The number of hydrogen-bond donors (Lipinski definition) is 4. The van der Waals surface area contributed by atoms with E-state index in [1.807, 2.05) is 6.08 Å². The molecule has 0 radical (unpaired) electrons. The summed E-state index contributed by atoms with van der Waals surface area (Å²) in [6, 6.07) is -0.866. The van der Waals surface area contributed by atoms with Crippen molar-refractivity contribution in [2.45, 2.75) is 88.9 Å². The van der Waals surface area contributed by atoms with E-state index < -0.39 is 37.3 Å². The number of carbonyl (C=O) groups excluding carboxylic acids is 1. The third kappa shape index (κ3) is 8.14. The second-order valence-electron chi connectivity index (χ2n) is 6.86. The highest BCUT2D eigenvalue weighted by atomic mass is 16.7. The summed E-state index contributed by atoms with van der Waals surface area (Å²) in [5.41, 5.74) is 0. The van der Waals surface area contributed by atoms with E-state index in [0.29, 0.717) is 6.61 Å². The third-order valence-corrected chi connectivity index (χ3v) is 4.59. The van der Waals surface area contributed by atoms with Gasteiger partial charge >= 0.3 is 0 Å². The maximum Gasteiger partial charge on any atom is 0.217 e. The Balaban J connectivity index is 2.28. The first kappa shape index (κ1) is 23.0. The molecule has 1 saturated heterocycles. The fraction of sp³-hybridized carbons (Fsp3) is 0.842. The van der Waals surface area contributed by atoms with E-state index in [1.54, 1.807) is 0 Å². The van der Waals surface area contributed by atoms with Crippen LogP contribution in [-0.2, 0) is 14.3 Å². The molecule has 4 N–H and O–H groups in total. The molecule has 0 bridgehead atoms. The van der Waals surface area contributed by atoms with E-state index in [-0.39, 0.29) is 5.91 Å². The Morgan fingerprint density at radius 3 is 2.31 bits per heavy atom. The van der Waals surface area contributed by atoms with Crippen molar-refractivity contribution in [3.05, 3.63) is 12.7 Å². The largest absolute Gasteiger partial charge is 0.394 e. The third-order valence-electron chi connectivity index (χ3n) is 4.59. The Morgan fingerprint density at radius 1 is 1.12 bits per heavy atom. The van der Waals surface area contributed by atoms with Crippen molar-refractivity contribution >= 4 is 5.91 Å². The number of allylic oxidation sites excluding steroid dienone is 1. The molecule has 26 heavy (non-hydrogen) atoms. The van der Waals surface area contributed by atoms with Gasteiger partial charge in [0.05, 0.1) is 6.61 Å². The summed E-state index contributed by atoms with van der Waals surface area (Å²) in [7, 11) is 0. The predicted molar refractivity (Wildman–Crippen MR) is 98.5 cm³/mol. The lowest BCUT2D eigenvalue weighted by atomic mass is 9.97. The number of carbonyl (C=O) groups is 1. The Labute approximate surface area is 156 Å². The van der Waals surface area contributed by atoms with E-state index in [1.165, 1.54) is 32.6 Å². The number of unbranched alkanes of at least 4 members (excludes halogenated alkanes) is 7. The highest BCUT2D eigenvalue weighted by Gasteiger charge is 2.45. The van der Waals surface area contributed by atoms with Crippen molar-refractivity contribution in [1.82, 2.24) is 5.32 Å². The number of aliphatic hydroxyl groups excluding tert-OH is 3. The van der Waals surface area contributed by atoms with Crippen molar-refractivity contribution < 1.29 is 29.6 Å². The lowest BCUT2D eigenvalue weighted by molar-refractivity contribution is -0.270. The molecule has 1 aliphatic rings. The SMILES string of the molecule is C=CCCCCCCCCCO[C@H]1O[C@H](CO)[C@@H](O)[C@H](O)[C@H]1NC(C)=O. The fourth-order valence-corrected chi connectivity index (χ4v) is 3.09. The van der Waals surface area contributed by atoms with Crippen LogP contribution in [0, 0.1) is 0 Å². The van der Waals surface area contributed by atoms with Crippen LogP contribution in [0.15, 0.2) is 12.7 Å². The van der Waals surface area contributed by atoms with Crippen LogP contribution in [0.25, 0.3) is 0 Å². The number of aliphatic hydroxyl groups is 3. The van der Waals surface area contributed by atoms with Gasteiger partial charge in [0, 0.05) is 13.5 Å². The van der Waals surface area contributed by atoms with E-state index in [4.69, 9.17) is 9.47 Å². The number of amides is 1. The van der Waals surface area contributed by atoms with Gasteiger partial charge in [0.2, 0.25) is 5.91 Å². The lowest BCUT2D eigenvalue weighted by Crippen LogP contribution is -2.64. The Hall–Kier alpha value is -0.990. The van der Waals surface area contributed by atoms with Crippen LogP contribution >= 0.6 is 0 Å². The van der Waals surface area contributed by atoms with Gasteiger partial charge in [-0.05, 0) is 19.3 Å². The molecule has 0 aromatic heterocycles. The van der Waals surface area contributed by atoms with Crippen LogP contribution in [0.2, 0.25) is 0 Å².